The van der Waals surface area contributed by atoms with Crippen molar-refractivity contribution in [3.05, 3.63) is 42.0 Å². The predicted molar refractivity (Wildman–Crippen MR) is 91.5 cm³/mol. The Labute approximate surface area is 137 Å². The second-order valence-electron chi connectivity index (χ2n) is 6.50. The molecular formula is C18H25N3O2. The van der Waals surface area contributed by atoms with Gasteiger partial charge in [-0.25, -0.2) is 4.79 Å². The molecule has 0 radical (unpaired) electrons. The van der Waals surface area contributed by atoms with Crippen molar-refractivity contribution in [3.8, 4) is 0 Å². The van der Waals surface area contributed by atoms with Crippen LogP contribution in [-0.4, -0.2) is 36.4 Å². The first kappa shape index (κ1) is 15.9. The molecule has 1 aromatic carbocycles. The number of urea groups is 1. The maximum Gasteiger partial charge on any atom is 0.315 e. The number of nitrogens with one attached hydrogen (secondary N) is 2. The Morgan fingerprint density at radius 1 is 1.13 bits per heavy atom. The van der Waals surface area contributed by atoms with Crippen LogP contribution in [0.5, 0.6) is 0 Å². The Morgan fingerprint density at radius 3 is 2.39 bits per heavy atom. The van der Waals surface area contributed by atoms with Crippen LogP contribution in [0.4, 0.5) is 10.5 Å². The van der Waals surface area contributed by atoms with Gasteiger partial charge in [-0.15, -0.1) is 0 Å². The molecule has 1 heterocycles. The lowest BCUT2D eigenvalue weighted by molar-refractivity contribution is 0.163. The monoisotopic (exact) mass is 315 g/mol. The summed E-state index contributed by atoms with van der Waals surface area (Å²) in [5.41, 5.74) is 1.85. The maximum atomic E-state index is 12.1. The maximum absolute atomic E-state index is 12.1. The second-order valence-corrected chi connectivity index (χ2v) is 6.50. The Morgan fingerprint density at radius 2 is 1.78 bits per heavy atom. The molecule has 3 rings (SSSR count). The van der Waals surface area contributed by atoms with Crippen molar-refractivity contribution in [2.45, 2.75) is 37.8 Å². The molecule has 0 unspecified atom stereocenters. The molecular weight excluding hydrogens is 290 g/mol. The van der Waals surface area contributed by atoms with E-state index in [1.165, 1.54) is 5.69 Å². The summed E-state index contributed by atoms with van der Waals surface area (Å²) in [5.74, 6) is 0. The van der Waals surface area contributed by atoms with Gasteiger partial charge in [-0.05, 0) is 30.5 Å². The van der Waals surface area contributed by atoms with Gasteiger partial charge in [0.05, 0.1) is 12.1 Å². The number of aliphatic hydroxyl groups excluding tert-OH is 1. The normalized spacial score (nSPS) is 19.1. The summed E-state index contributed by atoms with van der Waals surface area (Å²) >= 11 is 0. The van der Waals surface area contributed by atoms with Crippen molar-refractivity contribution in [3.63, 3.8) is 0 Å². The summed E-state index contributed by atoms with van der Waals surface area (Å²) in [5, 5.41) is 15.4. The first-order chi connectivity index (χ1) is 11.2. The number of nitrogens with zero attached hydrogens (tertiary/aromatic N) is 1. The van der Waals surface area contributed by atoms with Crippen LogP contribution in [0.2, 0.25) is 0 Å². The van der Waals surface area contributed by atoms with Crippen LogP contribution in [0.1, 0.15) is 31.2 Å². The molecule has 1 saturated carbocycles. The highest BCUT2D eigenvalue weighted by Gasteiger charge is 2.34. The van der Waals surface area contributed by atoms with Crippen molar-refractivity contribution in [2.24, 2.45) is 0 Å². The van der Waals surface area contributed by atoms with E-state index in [4.69, 9.17) is 0 Å². The molecule has 0 spiro atoms. The van der Waals surface area contributed by atoms with Gasteiger partial charge >= 0.3 is 6.03 Å². The molecule has 0 bridgehead atoms. The highest BCUT2D eigenvalue weighted by Crippen LogP contribution is 2.28. The molecule has 0 atom stereocenters. The minimum atomic E-state index is -0.420. The third-order valence-electron chi connectivity index (χ3n) is 4.81. The van der Waals surface area contributed by atoms with Crippen molar-refractivity contribution < 1.29 is 9.90 Å². The molecule has 124 valence electrons. The molecule has 1 aliphatic heterocycles. The van der Waals surface area contributed by atoms with Crippen LogP contribution in [0.3, 0.4) is 0 Å². The van der Waals surface area contributed by atoms with E-state index in [1.54, 1.807) is 0 Å². The van der Waals surface area contributed by atoms with Crippen LogP contribution in [0.15, 0.2) is 36.4 Å². The van der Waals surface area contributed by atoms with E-state index in [1.807, 2.05) is 12.1 Å². The molecule has 3 N–H and O–H groups in total. The second kappa shape index (κ2) is 7.04. The van der Waals surface area contributed by atoms with E-state index in [2.05, 4.69) is 39.8 Å². The zero-order valence-electron chi connectivity index (χ0n) is 13.4. The standard InChI is InChI=1S/C18H25N3O2/c22-14-18(9-1-2-10-18)20-17(23)19-13-15-5-7-16(8-6-15)21-11-3-4-12-21/h3-8,22H,1-2,9-14H2,(H2,19,20,23). The first-order valence-electron chi connectivity index (χ1n) is 8.37. The zero-order valence-corrected chi connectivity index (χ0v) is 13.4. The fraction of sp³-hybridized carbons (Fsp3) is 0.500. The molecule has 2 amide bonds. The van der Waals surface area contributed by atoms with Crippen LogP contribution >= 0.6 is 0 Å². The first-order valence-corrected chi connectivity index (χ1v) is 8.37. The Kier molecular flexibility index (Phi) is 4.86. The summed E-state index contributed by atoms with van der Waals surface area (Å²) < 4.78 is 0. The van der Waals surface area contributed by atoms with E-state index in [0.717, 1.165) is 44.3 Å². The molecule has 2 aliphatic rings. The lowest BCUT2D eigenvalue weighted by Gasteiger charge is -2.28. The number of hydrogen-bond acceptors (Lipinski definition) is 3. The van der Waals surface area contributed by atoms with Crippen LogP contribution in [-0.2, 0) is 6.54 Å². The number of carbonyl (C=O) groups excluding carboxylic acids is 1. The minimum absolute atomic E-state index is 0.0129. The summed E-state index contributed by atoms with van der Waals surface area (Å²) in [6, 6.07) is 8.08. The van der Waals surface area contributed by atoms with Crippen molar-refractivity contribution in [2.75, 3.05) is 24.6 Å². The van der Waals surface area contributed by atoms with Crippen molar-refractivity contribution >= 4 is 11.7 Å². The van der Waals surface area contributed by atoms with Gasteiger partial charge in [0.1, 0.15) is 0 Å². The smallest absolute Gasteiger partial charge is 0.315 e. The molecule has 5 nitrogen and oxygen atoms in total. The molecule has 0 aromatic heterocycles. The predicted octanol–water partition coefficient (Wildman–Crippen LogP) is 2.17. The van der Waals surface area contributed by atoms with Gasteiger partial charge in [0.2, 0.25) is 0 Å². The SMILES string of the molecule is O=C(NCc1ccc(N2CC=CC2)cc1)NC1(CO)CCCC1. The third-order valence-corrected chi connectivity index (χ3v) is 4.81. The number of aliphatic hydroxyl groups is 1. The average molecular weight is 315 g/mol. The van der Waals surface area contributed by atoms with Crippen molar-refractivity contribution in [1.82, 2.24) is 10.6 Å². The Bertz CT molecular complexity index is 554. The highest BCUT2D eigenvalue weighted by atomic mass is 16.3. The van der Waals surface area contributed by atoms with Gasteiger partial charge in [0.25, 0.3) is 0 Å². The van der Waals surface area contributed by atoms with E-state index in [-0.39, 0.29) is 12.6 Å². The number of carbonyl (C=O) groups is 1. The highest BCUT2D eigenvalue weighted by molar-refractivity contribution is 5.74. The lowest BCUT2D eigenvalue weighted by atomic mass is 9.99. The number of hydrogen-bond donors (Lipinski definition) is 3. The summed E-state index contributed by atoms with van der Waals surface area (Å²) in [6.45, 7) is 2.43. The van der Waals surface area contributed by atoms with Gasteiger partial charge in [0.15, 0.2) is 0 Å². The molecule has 1 aliphatic carbocycles. The van der Waals surface area contributed by atoms with E-state index >= 15 is 0 Å². The van der Waals surface area contributed by atoms with Crippen molar-refractivity contribution in [1.29, 1.82) is 0 Å². The van der Waals surface area contributed by atoms with Crippen LogP contribution in [0, 0.1) is 0 Å². The fourth-order valence-electron chi connectivity index (χ4n) is 3.36. The minimum Gasteiger partial charge on any atom is -0.394 e. The Hall–Kier alpha value is -2.01. The van der Waals surface area contributed by atoms with Gasteiger partial charge in [0, 0.05) is 25.3 Å². The van der Waals surface area contributed by atoms with Gasteiger partial charge in [-0.3, -0.25) is 0 Å². The lowest BCUT2D eigenvalue weighted by Crippen LogP contribution is -2.52. The topological polar surface area (TPSA) is 64.6 Å². The van der Waals surface area contributed by atoms with Crippen LogP contribution in [0.25, 0.3) is 0 Å². The van der Waals surface area contributed by atoms with Gasteiger partial charge in [-0.2, -0.15) is 0 Å². The molecule has 0 saturated heterocycles. The Balaban J connectivity index is 1.48. The molecule has 1 fully saturated rings. The van der Waals surface area contributed by atoms with E-state index in [0.29, 0.717) is 6.54 Å². The zero-order chi connectivity index (χ0) is 16.1. The van der Waals surface area contributed by atoms with Gasteiger partial charge < -0.3 is 20.6 Å². The molecule has 5 heteroatoms. The molecule has 23 heavy (non-hydrogen) atoms. The summed E-state index contributed by atoms with van der Waals surface area (Å²) in [6.07, 6.45) is 8.17. The molecule has 1 aromatic rings. The average Bonchev–Trinajstić information content (AvgIpc) is 3.26. The number of benzene rings is 1. The van der Waals surface area contributed by atoms with Gasteiger partial charge in [-0.1, -0.05) is 37.1 Å². The van der Waals surface area contributed by atoms with E-state index in [9.17, 15) is 9.90 Å². The van der Waals surface area contributed by atoms with Crippen LogP contribution < -0.4 is 15.5 Å². The largest absolute Gasteiger partial charge is 0.394 e. The number of rotatable bonds is 5. The summed E-state index contributed by atoms with van der Waals surface area (Å²) in [7, 11) is 0. The quantitative estimate of drug-likeness (QED) is 0.730. The fourth-order valence-corrected chi connectivity index (χ4v) is 3.36. The number of amides is 2. The third kappa shape index (κ3) is 3.85. The summed E-state index contributed by atoms with van der Waals surface area (Å²) in [4.78, 5) is 14.3. The van der Waals surface area contributed by atoms with E-state index < -0.39 is 5.54 Å². The number of anilines is 1.